The Labute approximate surface area is 318 Å². The lowest BCUT2D eigenvalue weighted by molar-refractivity contribution is -0.145. The summed E-state index contributed by atoms with van der Waals surface area (Å²) in [4.78, 5) is 30.0. The van der Waals surface area contributed by atoms with Gasteiger partial charge in [0.05, 0.1) is 6.61 Å². The molecule has 0 aromatic heterocycles. The van der Waals surface area contributed by atoms with Crippen molar-refractivity contribution in [1.29, 1.82) is 0 Å². The lowest BCUT2D eigenvalue weighted by atomic mass is 9.95. The Morgan fingerprint density at radius 2 is 1.00 bits per heavy atom. The standard InChI is InChI=1S/C44H88N2O5/c1-8-13-16-19-22-26-31-41(30-25-17-14-9-2)39-50-43(47)34-29-24-21-20-23-28-33-42(32-27-18-15-10-3)51-44(48)49-38-37-46(40(6)7)36-35-45(11-4)12-5/h40-42H,8-39H2,1-7H3. The highest BCUT2D eigenvalue weighted by atomic mass is 16.7. The molecule has 0 aromatic carbocycles. The van der Waals surface area contributed by atoms with Crippen LogP contribution in [0.25, 0.3) is 0 Å². The van der Waals surface area contributed by atoms with Crippen molar-refractivity contribution in [3.05, 3.63) is 0 Å². The summed E-state index contributed by atoms with van der Waals surface area (Å²) in [5.74, 6) is 0.518. The summed E-state index contributed by atoms with van der Waals surface area (Å²) < 4.78 is 17.2. The number of likely N-dealkylation sites (N-methyl/N-ethyl adjacent to an activating group) is 1. The van der Waals surface area contributed by atoms with Gasteiger partial charge in [0.2, 0.25) is 0 Å². The maximum Gasteiger partial charge on any atom is 0.508 e. The Balaban J connectivity index is 4.37. The number of hydrogen-bond donors (Lipinski definition) is 0. The first-order chi connectivity index (χ1) is 24.8. The van der Waals surface area contributed by atoms with Gasteiger partial charge in [0.1, 0.15) is 12.7 Å². The molecule has 0 rings (SSSR count). The Morgan fingerprint density at radius 3 is 1.51 bits per heavy atom. The van der Waals surface area contributed by atoms with E-state index in [1.165, 1.54) is 96.3 Å². The quantitative estimate of drug-likeness (QED) is 0.0464. The smallest absolute Gasteiger partial charge is 0.465 e. The highest BCUT2D eigenvalue weighted by Gasteiger charge is 2.17. The van der Waals surface area contributed by atoms with Crippen molar-refractivity contribution in [3.63, 3.8) is 0 Å². The summed E-state index contributed by atoms with van der Waals surface area (Å²) in [6.45, 7) is 21.4. The van der Waals surface area contributed by atoms with Crippen LogP contribution in [0.2, 0.25) is 0 Å². The predicted octanol–water partition coefficient (Wildman–Crippen LogP) is 12.5. The maximum absolute atomic E-state index is 12.7. The topological polar surface area (TPSA) is 68.3 Å². The van der Waals surface area contributed by atoms with Crippen molar-refractivity contribution in [1.82, 2.24) is 9.80 Å². The molecule has 304 valence electrons. The van der Waals surface area contributed by atoms with Crippen LogP contribution in [0.1, 0.15) is 209 Å². The van der Waals surface area contributed by atoms with Crippen LogP contribution in [-0.4, -0.2) is 80.0 Å². The van der Waals surface area contributed by atoms with Gasteiger partial charge in [0.25, 0.3) is 0 Å². The molecule has 0 bridgehead atoms. The molecule has 2 unspecified atom stereocenters. The third-order valence-corrected chi connectivity index (χ3v) is 10.6. The minimum Gasteiger partial charge on any atom is -0.465 e. The van der Waals surface area contributed by atoms with Crippen LogP contribution in [0.5, 0.6) is 0 Å². The molecule has 2 atom stereocenters. The van der Waals surface area contributed by atoms with E-state index in [0.717, 1.165) is 90.5 Å². The van der Waals surface area contributed by atoms with Crippen LogP contribution in [0.15, 0.2) is 0 Å². The summed E-state index contributed by atoms with van der Waals surface area (Å²) in [5.41, 5.74) is 0. The Morgan fingerprint density at radius 1 is 0.529 bits per heavy atom. The summed E-state index contributed by atoms with van der Waals surface area (Å²) in [7, 11) is 0. The zero-order chi connectivity index (χ0) is 37.8. The molecule has 0 aliphatic carbocycles. The molecule has 0 heterocycles. The van der Waals surface area contributed by atoms with Gasteiger partial charge < -0.3 is 19.1 Å². The number of rotatable bonds is 38. The zero-order valence-corrected chi connectivity index (χ0v) is 35.3. The number of hydrogen-bond acceptors (Lipinski definition) is 7. The second kappa shape index (κ2) is 37.0. The summed E-state index contributed by atoms with van der Waals surface area (Å²) >= 11 is 0. The third-order valence-electron chi connectivity index (χ3n) is 10.6. The normalized spacial score (nSPS) is 12.9. The van der Waals surface area contributed by atoms with E-state index in [0.29, 0.717) is 31.6 Å². The molecule has 0 aromatic rings. The first-order valence-corrected chi connectivity index (χ1v) is 22.3. The Bertz CT molecular complexity index is 760. The first kappa shape index (κ1) is 49.7. The van der Waals surface area contributed by atoms with Gasteiger partial charge in [-0.25, -0.2) is 4.79 Å². The predicted molar refractivity (Wildman–Crippen MR) is 218 cm³/mol. The fourth-order valence-electron chi connectivity index (χ4n) is 6.93. The van der Waals surface area contributed by atoms with E-state index in [1.54, 1.807) is 0 Å². The van der Waals surface area contributed by atoms with E-state index in [4.69, 9.17) is 14.2 Å². The maximum atomic E-state index is 12.7. The van der Waals surface area contributed by atoms with E-state index in [-0.39, 0.29) is 12.1 Å². The van der Waals surface area contributed by atoms with Crippen LogP contribution in [0.4, 0.5) is 4.79 Å². The van der Waals surface area contributed by atoms with Gasteiger partial charge in [-0.1, -0.05) is 144 Å². The van der Waals surface area contributed by atoms with Crippen molar-refractivity contribution in [2.75, 3.05) is 45.9 Å². The Kier molecular flexibility index (Phi) is 36.0. The lowest BCUT2D eigenvalue weighted by Crippen LogP contribution is -2.40. The van der Waals surface area contributed by atoms with E-state index >= 15 is 0 Å². The van der Waals surface area contributed by atoms with Gasteiger partial charge in [-0.15, -0.1) is 0 Å². The first-order valence-electron chi connectivity index (χ1n) is 22.3. The minimum atomic E-state index is -0.514. The molecule has 0 radical (unpaired) electrons. The third kappa shape index (κ3) is 31.9. The highest BCUT2D eigenvalue weighted by Crippen LogP contribution is 2.21. The van der Waals surface area contributed by atoms with Gasteiger partial charge in [0, 0.05) is 32.1 Å². The number of esters is 1. The van der Waals surface area contributed by atoms with Gasteiger partial charge >= 0.3 is 12.1 Å². The molecule has 7 heteroatoms. The molecule has 0 spiro atoms. The molecule has 7 nitrogen and oxygen atoms in total. The number of nitrogens with zero attached hydrogens (tertiary/aromatic N) is 2. The van der Waals surface area contributed by atoms with Crippen LogP contribution >= 0.6 is 0 Å². The van der Waals surface area contributed by atoms with Crippen molar-refractivity contribution in [2.45, 2.75) is 221 Å². The number of unbranched alkanes of at least 4 members (excludes halogenated alkanes) is 16. The summed E-state index contributed by atoms with van der Waals surface area (Å²) in [5, 5.41) is 0. The molecule has 0 saturated carbocycles. The molecule has 51 heavy (non-hydrogen) atoms. The Hall–Kier alpha value is -1.34. The minimum absolute atomic E-state index is 0.0111. The van der Waals surface area contributed by atoms with Crippen LogP contribution in [0, 0.1) is 5.92 Å². The number of carbonyl (C=O) groups excluding carboxylic acids is 2. The second-order valence-corrected chi connectivity index (χ2v) is 15.5. The fraction of sp³-hybridized carbons (Fsp3) is 0.955. The van der Waals surface area contributed by atoms with E-state index in [1.807, 2.05) is 0 Å². The zero-order valence-electron chi connectivity index (χ0n) is 35.3. The molecule has 0 fully saturated rings. The van der Waals surface area contributed by atoms with Gasteiger partial charge in [-0.05, 0) is 77.8 Å². The average Bonchev–Trinajstić information content (AvgIpc) is 3.12. The molecule has 0 aliphatic heterocycles. The van der Waals surface area contributed by atoms with Crippen molar-refractivity contribution >= 4 is 12.1 Å². The van der Waals surface area contributed by atoms with Gasteiger partial charge in [-0.3, -0.25) is 9.69 Å². The number of carbonyl (C=O) groups is 2. The molecular weight excluding hydrogens is 636 g/mol. The van der Waals surface area contributed by atoms with E-state index in [9.17, 15) is 9.59 Å². The van der Waals surface area contributed by atoms with Crippen LogP contribution in [-0.2, 0) is 19.0 Å². The van der Waals surface area contributed by atoms with Crippen LogP contribution in [0.3, 0.4) is 0 Å². The van der Waals surface area contributed by atoms with Crippen LogP contribution < -0.4 is 0 Å². The van der Waals surface area contributed by atoms with Crippen molar-refractivity contribution in [3.8, 4) is 0 Å². The molecule has 0 amide bonds. The fourth-order valence-corrected chi connectivity index (χ4v) is 6.93. The summed E-state index contributed by atoms with van der Waals surface area (Å²) in [6, 6.07) is 0.405. The monoisotopic (exact) mass is 725 g/mol. The largest absolute Gasteiger partial charge is 0.508 e. The number of ether oxygens (including phenoxy) is 3. The van der Waals surface area contributed by atoms with Crippen molar-refractivity contribution in [2.24, 2.45) is 5.92 Å². The molecule has 0 saturated heterocycles. The molecule has 0 aliphatic rings. The van der Waals surface area contributed by atoms with Gasteiger partial charge in [0.15, 0.2) is 0 Å². The van der Waals surface area contributed by atoms with Gasteiger partial charge in [-0.2, -0.15) is 0 Å². The molecule has 0 N–H and O–H groups in total. The van der Waals surface area contributed by atoms with E-state index in [2.05, 4.69) is 58.3 Å². The molecular formula is C44H88N2O5. The van der Waals surface area contributed by atoms with E-state index < -0.39 is 6.16 Å². The lowest BCUT2D eigenvalue weighted by Gasteiger charge is -2.29. The highest BCUT2D eigenvalue weighted by molar-refractivity contribution is 5.69. The second-order valence-electron chi connectivity index (χ2n) is 15.5. The SMILES string of the molecule is CCCCCCCCC(CCCCCC)COC(=O)CCCCCCCCC(CCCCCC)OC(=O)OCCN(CCN(CC)CC)C(C)C. The average molecular weight is 725 g/mol. The van der Waals surface area contributed by atoms with Crippen molar-refractivity contribution < 1.29 is 23.8 Å². The summed E-state index contributed by atoms with van der Waals surface area (Å²) in [6.07, 6.45) is 28.4.